The third kappa shape index (κ3) is 6.29. The lowest BCUT2D eigenvalue weighted by atomic mass is 9.79. The molecule has 0 spiro atoms. The van der Waals surface area contributed by atoms with Crippen molar-refractivity contribution in [2.45, 2.75) is 105 Å². The zero-order valence-electron chi connectivity index (χ0n) is 31.0. The van der Waals surface area contributed by atoms with Gasteiger partial charge in [0.1, 0.15) is 35.0 Å². The normalized spacial score (nSPS) is 14.9. The predicted octanol–water partition coefficient (Wildman–Crippen LogP) is 10.7. The van der Waals surface area contributed by atoms with Gasteiger partial charge in [0.2, 0.25) is 0 Å². The monoisotopic (exact) mass is 680 g/mol. The molecule has 2 aliphatic rings. The van der Waals surface area contributed by atoms with Crippen molar-refractivity contribution in [3.63, 3.8) is 0 Å². The zero-order valence-corrected chi connectivity index (χ0v) is 31.8. The summed E-state index contributed by atoms with van der Waals surface area (Å²) in [7, 11) is 0. The molecular formula is C40H52N6O2S. The van der Waals surface area contributed by atoms with Crippen molar-refractivity contribution >= 4 is 46.3 Å². The highest BCUT2D eigenvalue weighted by molar-refractivity contribution is 8.02. The Kier molecular flexibility index (Phi) is 8.17. The van der Waals surface area contributed by atoms with Crippen LogP contribution in [0.3, 0.4) is 0 Å². The fraction of sp³-hybridized carbons (Fsp3) is 0.400. The molecule has 0 fully saturated rings. The maximum Gasteiger partial charge on any atom is 0.146 e. The van der Waals surface area contributed by atoms with Crippen LogP contribution in [0.1, 0.15) is 105 Å². The average Bonchev–Trinajstić information content (AvgIpc) is 3.53. The van der Waals surface area contributed by atoms with E-state index in [1.54, 1.807) is 0 Å². The fourth-order valence-corrected chi connectivity index (χ4v) is 7.17. The summed E-state index contributed by atoms with van der Waals surface area (Å²) in [6, 6.07) is 24.7. The van der Waals surface area contributed by atoms with Gasteiger partial charge in [0.15, 0.2) is 0 Å². The number of fused-ring (bicyclic) bond motifs is 2. The topological polar surface area (TPSA) is 77.5 Å². The molecule has 6 rings (SSSR count). The summed E-state index contributed by atoms with van der Waals surface area (Å²) in [5.74, 6) is 0.460. The number of benzene rings is 4. The minimum absolute atomic E-state index is 0.151. The highest BCUT2D eigenvalue weighted by atomic mass is 32.2. The van der Waals surface area contributed by atoms with E-state index < -0.39 is 0 Å². The first-order valence-corrected chi connectivity index (χ1v) is 17.7. The van der Waals surface area contributed by atoms with Gasteiger partial charge in [-0.2, -0.15) is 19.1 Å². The van der Waals surface area contributed by atoms with Crippen molar-refractivity contribution in [2.24, 2.45) is 0 Å². The highest BCUT2D eigenvalue weighted by Gasteiger charge is 2.40. The largest absolute Gasteiger partial charge is 0.505 e. The van der Waals surface area contributed by atoms with Gasteiger partial charge in [0.25, 0.3) is 0 Å². The van der Waals surface area contributed by atoms with Crippen molar-refractivity contribution in [1.29, 1.82) is 0 Å². The van der Waals surface area contributed by atoms with Crippen LogP contribution in [0.25, 0.3) is 0 Å². The molecule has 2 aliphatic heterocycles. The number of anilines is 6. The van der Waals surface area contributed by atoms with Crippen LogP contribution in [-0.4, -0.2) is 10.2 Å². The summed E-state index contributed by atoms with van der Waals surface area (Å²) in [6.07, 6.45) is 0. The minimum Gasteiger partial charge on any atom is -0.505 e. The third-order valence-electron chi connectivity index (χ3n) is 9.18. The second-order valence-electron chi connectivity index (χ2n) is 17.3. The molecule has 4 N–H and O–H groups in total. The van der Waals surface area contributed by atoms with E-state index in [0.717, 1.165) is 45.0 Å². The number of nitrogens with one attached hydrogen (secondary N) is 2. The lowest BCUT2D eigenvalue weighted by Gasteiger charge is -2.38. The van der Waals surface area contributed by atoms with E-state index in [2.05, 4.69) is 139 Å². The van der Waals surface area contributed by atoms with E-state index in [-0.39, 0.29) is 33.2 Å². The van der Waals surface area contributed by atoms with E-state index in [1.807, 2.05) is 46.6 Å². The fourth-order valence-electron chi connectivity index (χ4n) is 6.13. The minimum atomic E-state index is -0.292. The molecular weight excluding hydrogens is 629 g/mol. The number of phenolic OH excluding ortho intramolecular Hbond substituents is 2. The Balaban J connectivity index is 1.53. The lowest BCUT2D eigenvalue weighted by molar-refractivity contribution is 0.444. The second-order valence-corrected chi connectivity index (χ2v) is 18.1. The quantitative estimate of drug-likeness (QED) is 0.158. The SMILES string of the molecule is CC(C)(C)c1cc(N2Nc3ccccc3N2SN2c3ccccc3NN2c2cc(C(C)(C)C)cc(C(C)(C)C)c2O)c(O)c(C(C)(C)C)c1. The molecule has 8 nitrogen and oxygen atoms in total. The smallest absolute Gasteiger partial charge is 0.146 e. The molecule has 0 aliphatic carbocycles. The Morgan fingerprint density at radius 2 is 0.816 bits per heavy atom. The molecule has 49 heavy (non-hydrogen) atoms. The van der Waals surface area contributed by atoms with E-state index in [0.29, 0.717) is 11.4 Å². The van der Waals surface area contributed by atoms with Crippen LogP contribution in [0.2, 0.25) is 0 Å². The molecule has 0 saturated heterocycles. The number of rotatable bonds is 4. The maximum absolute atomic E-state index is 12.0. The van der Waals surface area contributed by atoms with Crippen LogP contribution in [0, 0.1) is 0 Å². The Bertz CT molecular complexity index is 1760. The van der Waals surface area contributed by atoms with Crippen molar-refractivity contribution in [3.05, 3.63) is 95.1 Å². The second kappa shape index (κ2) is 11.6. The van der Waals surface area contributed by atoms with Crippen molar-refractivity contribution in [3.8, 4) is 11.5 Å². The number of hydrogen-bond acceptors (Lipinski definition) is 9. The van der Waals surface area contributed by atoms with E-state index in [9.17, 15) is 10.2 Å². The van der Waals surface area contributed by atoms with Gasteiger partial charge in [-0.25, -0.2) is 0 Å². The summed E-state index contributed by atoms with van der Waals surface area (Å²) in [5, 5.41) is 27.8. The van der Waals surface area contributed by atoms with Gasteiger partial charge in [-0.05, 0) is 69.2 Å². The van der Waals surface area contributed by atoms with Crippen LogP contribution < -0.4 is 29.9 Å². The summed E-state index contributed by atoms with van der Waals surface area (Å²) in [4.78, 5) is 0. The van der Waals surface area contributed by atoms with Gasteiger partial charge in [-0.1, -0.05) is 119 Å². The molecule has 0 atom stereocenters. The Labute approximate surface area is 296 Å². The Morgan fingerprint density at radius 1 is 0.469 bits per heavy atom. The summed E-state index contributed by atoms with van der Waals surface area (Å²) < 4.78 is 4.13. The van der Waals surface area contributed by atoms with Crippen LogP contribution >= 0.6 is 12.1 Å². The average molecular weight is 681 g/mol. The van der Waals surface area contributed by atoms with Crippen molar-refractivity contribution < 1.29 is 10.2 Å². The van der Waals surface area contributed by atoms with Crippen molar-refractivity contribution in [1.82, 2.24) is 0 Å². The number of phenols is 2. The number of aromatic hydroxyl groups is 2. The Hall–Kier alpha value is -4.37. The van der Waals surface area contributed by atoms with Gasteiger partial charge in [-0.3, -0.25) is 10.9 Å². The van der Waals surface area contributed by atoms with Crippen LogP contribution in [-0.2, 0) is 21.7 Å². The zero-order chi connectivity index (χ0) is 35.8. The molecule has 2 heterocycles. The molecule has 9 heteroatoms. The predicted molar refractivity (Wildman–Crippen MR) is 209 cm³/mol. The molecule has 0 unspecified atom stereocenters. The van der Waals surface area contributed by atoms with Crippen LogP contribution in [0.5, 0.6) is 11.5 Å². The first-order chi connectivity index (χ1) is 22.7. The molecule has 0 amide bonds. The maximum atomic E-state index is 12.0. The number of para-hydroxylation sites is 4. The highest BCUT2D eigenvalue weighted by Crippen LogP contribution is 2.52. The summed E-state index contributed by atoms with van der Waals surface area (Å²) >= 11 is 1.45. The first kappa shape index (κ1) is 34.5. The molecule has 0 aromatic heterocycles. The molecule has 0 saturated carbocycles. The summed E-state index contributed by atoms with van der Waals surface area (Å²) in [5.41, 5.74) is 15.3. The standard InChI is InChI=1S/C40H52N6O2S/c1-37(2,3)25-21-27(39(7,8)9)35(47)33(23-25)43-41-29-17-13-15-19-31(29)45(43)49-46-32-20-16-14-18-30(32)42-44(46)34-24-26(38(4,5)6)22-28(36(34)48)40(10,11)12/h13-24,41-42,47-48H,1-12H3. The molecule has 0 bridgehead atoms. The number of hydrazine groups is 4. The van der Waals surface area contributed by atoms with E-state index in [4.69, 9.17) is 0 Å². The first-order valence-electron chi connectivity index (χ1n) is 17.0. The van der Waals surface area contributed by atoms with Gasteiger partial charge < -0.3 is 10.2 Å². The molecule has 4 aromatic rings. The number of nitrogens with zero attached hydrogens (tertiary/aromatic N) is 4. The van der Waals surface area contributed by atoms with Gasteiger partial charge in [0, 0.05) is 11.1 Å². The molecule has 260 valence electrons. The molecule has 0 radical (unpaired) electrons. The number of hydrogen-bond donors (Lipinski definition) is 4. The van der Waals surface area contributed by atoms with Gasteiger partial charge in [-0.15, -0.1) is 0 Å². The summed E-state index contributed by atoms with van der Waals surface area (Å²) in [6.45, 7) is 26.0. The van der Waals surface area contributed by atoms with Crippen molar-refractivity contribution in [2.75, 3.05) is 29.9 Å². The lowest BCUT2D eigenvalue weighted by Crippen LogP contribution is -2.45. The van der Waals surface area contributed by atoms with Gasteiger partial charge >= 0.3 is 0 Å². The Morgan fingerprint density at radius 3 is 1.14 bits per heavy atom. The van der Waals surface area contributed by atoms with E-state index in [1.165, 1.54) is 12.1 Å². The molecule has 4 aromatic carbocycles. The van der Waals surface area contributed by atoms with Gasteiger partial charge in [0.05, 0.1) is 22.7 Å². The third-order valence-corrected chi connectivity index (χ3v) is 10.2. The van der Waals surface area contributed by atoms with Crippen LogP contribution in [0.15, 0.2) is 72.8 Å². The van der Waals surface area contributed by atoms with E-state index >= 15 is 0 Å². The van der Waals surface area contributed by atoms with Crippen LogP contribution in [0.4, 0.5) is 34.1 Å².